The molecule has 1 aliphatic heterocycles. The van der Waals surface area contributed by atoms with E-state index in [0.717, 1.165) is 0 Å². The molecular formula is C7H14FNO2S. The van der Waals surface area contributed by atoms with Crippen LogP contribution >= 0.6 is 0 Å². The average molecular weight is 195 g/mol. The second-order valence-electron chi connectivity index (χ2n) is 3.47. The maximum absolute atomic E-state index is 12.3. The Bertz CT molecular complexity index is 252. The van der Waals surface area contributed by atoms with E-state index in [1.54, 1.807) is 0 Å². The third-order valence-corrected chi connectivity index (χ3v) is 3.64. The molecule has 0 aliphatic carbocycles. The molecule has 5 heteroatoms. The zero-order valence-electron chi connectivity index (χ0n) is 7.33. The molecule has 0 radical (unpaired) electrons. The number of rotatable bonds is 2. The summed E-state index contributed by atoms with van der Waals surface area (Å²) < 4.78 is 35.7. The molecule has 0 saturated carbocycles. The van der Waals surface area contributed by atoms with Gasteiger partial charge >= 0.3 is 0 Å². The molecule has 1 heterocycles. The van der Waals surface area contributed by atoms with Crippen molar-refractivity contribution in [2.24, 2.45) is 11.8 Å². The van der Waals surface area contributed by atoms with Crippen molar-refractivity contribution in [3.8, 4) is 0 Å². The van der Waals surface area contributed by atoms with Crippen molar-refractivity contribution in [2.45, 2.75) is 6.92 Å². The van der Waals surface area contributed by atoms with E-state index in [9.17, 15) is 12.8 Å². The van der Waals surface area contributed by atoms with E-state index in [1.807, 2.05) is 6.92 Å². The van der Waals surface area contributed by atoms with Crippen molar-refractivity contribution in [3.05, 3.63) is 0 Å². The van der Waals surface area contributed by atoms with Crippen LogP contribution in [0.1, 0.15) is 6.92 Å². The largest absolute Gasteiger partial charge is 0.251 e. The lowest BCUT2D eigenvalue weighted by molar-refractivity contribution is 0.326. The van der Waals surface area contributed by atoms with Crippen molar-refractivity contribution in [2.75, 3.05) is 26.0 Å². The highest BCUT2D eigenvalue weighted by molar-refractivity contribution is 7.88. The SMILES string of the molecule is C[C@@H]1CN(S(C)(=O)=O)CC1CF. The van der Waals surface area contributed by atoms with Crippen LogP contribution in [0.4, 0.5) is 4.39 Å². The molecule has 0 bridgehead atoms. The maximum Gasteiger partial charge on any atom is 0.211 e. The van der Waals surface area contributed by atoms with Gasteiger partial charge in [-0.25, -0.2) is 12.7 Å². The van der Waals surface area contributed by atoms with Crippen molar-refractivity contribution in [3.63, 3.8) is 0 Å². The van der Waals surface area contributed by atoms with Gasteiger partial charge in [-0.05, 0) is 5.92 Å². The van der Waals surface area contributed by atoms with E-state index in [0.29, 0.717) is 13.1 Å². The number of nitrogens with zero attached hydrogens (tertiary/aromatic N) is 1. The summed E-state index contributed by atoms with van der Waals surface area (Å²) in [6.07, 6.45) is 1.17. The Labute approximate surface area is 72.6 Å². The van der Waals surface area contributed by atoms with E-state index in [4.69, 9.17) is 0 Å². The van der Waals surface area contributed by atoms with Gasteiger partial charge in [0.25, 0.3) is 0 Å². The molecule has 1 saturated heterocycles. The van der Waals surface area contributed by atoms with Gasteiger partial charge in [-0.3, -0.25) is 4.39 Å². The molecule has 72 valence electrons. The van der Waals surface area contributed by atoms with Gasteiger partial charge in [-0.1, -0.05) is 6.92 Å². The lowest BCUT2D eigenvalue weighted by Gasteiger charge is -2.11. The lowest BCUT2D eigenvalue weighted by atomic mass is 10.0. The summed E-state index contributed by atoms with van der Waals surface area (Å²) in [6.45, 7) is 2.27. The number of hydrogen-bond donors (Lipinski definition) is 0. The smallest absolute Gasteiger partial charge is 0.211 e. The van der Waals surface area contributed by atoms with E-state index in [1.165, 1.54) is 10.6 Å². The molecule has 1 fully saturated rings. The first-order chi connectivity index (χ1) is 5.45. The van der Waals surface area contributed by atoms with Crippen LogP contribution in [0.5, 0.6) is 0 Å². The molecule has 0 aromatic heterocycles. The molecule has 1 aliphatic rings. The minimum absolute atomic E-state index is 0.111. The normalized spacial score (nSPS) is 32.6. The van der Waals surface area contributed by atoms with Crippen LogP contribution < -0.4 is 0 Å². The van der Waals surface area contributed by atoms with Crippen LogP contribution in [0.15, 0.2) is 0 Å². The Morgan fingerprint density at radius 1 is 1.50 bits per heavy atom. The molecular weight excluding hydrogens is 181 g/mol. The highest BCUT2D eigenvalue weighted by Crippen LogP contribution is 2.24. The Morgan fingerprint density at radius 2 is 2.08 bits per heavy atom. The summed E-state index contributed by atoms with van der Waals surface area (Å²) in [5.74, 6) is 0.0319. The van der Waals surface area contributed by atoms with Crippen molar-refractivity contribution < 1.29 is 12.8 Å². The maximum atomic E-state index is 12.3. The molecule has 12 heavy (non-hydrogen) atoms. The first kappa shape index (κ1) is 9.92. The van der Waals surface area contributed by atoms with Crippen molar-refractivity contribution in [1.82, 2.24) is 4.31 Å². The van der Waals surface area contributed by atoms with Crippen molar-refractivity contribution >= 4 is 10.0 Å². The zero-order chi connectivity index (χ0) is 9.35. The highest BCUT2D eigenvalue weighted by Gasteiger charge is 2.33. The molecule has 1 unspecified atom stereocenters. The van der Waals surface area contributed by atoms with Crippen LogP contribution in [0.2, 0.25) is 0 Å². The zero-order valence-corrected chi connectivity index (χ0v) is 8.14. The number of halogens is 1. The minimum atomic E-state index is -3.11. The van der Waals surface area contributed by atoms with Gasteiger partial charge < -0.3 is 0 Å². The summed E-state index contributed by atoms with van der Waals surface area (Å²) in [5, 5.41) is 0. The van der Waals surface area contributed by atoms with E-state index >= 15 is 0 Å². The fraction of sp³-hybridized carbons (Fsp3) is 1.00. The summed E-state index contributed by atoms with van der Waals surface area (Å²) in [7, 11) is -3.11. The van der Waals surface area contributed by atoms with Gasteiger partial charge in [0.05, 0.1) is 12.9 Å². The molecule has 1 rings (SSSR count). The first-order valence-electron chi connectivity index (χ1n) is 3.96. The van der Waals surface area contributed by atoms with E-state index in [2.05, 4.69) is 0 Å². The molecule has 0 N–H and O–H groups in total. The molecule has 0 amide bonds. The van der Waals surface area contributed by atoms with Crippen LogP contribution in [0, 0.1) is 11.8 Å². The van der Waals surface area contributed by atoms with Crippen molar-refractivity contribution in [1.29, 1.82) is 0 Å². The monoisotopic (exact) mass is 195 g/mol. The Kier molecular flexibility index (Phi) is 2.73. The van der Waals surface area contributed by atoms with Gasteiger partial charge in [-0.2, -0.15) is 0 Å². The van der Waals surface area contributed by atoms with Crippen LogP contribution in [0.25, 0.3) is 0 Å². The third-order valence-electron chi connectivity index (χ3n) is 2.40. The molecule has 0 aromatic carbocycles. The quantitative estimate of drug-likeness (QED) is 0.643. The highest BCUT2D eigenvalue weighted by atomic mass is 32.2. The minimum Gasteiger partial charge on any atom is -0.251 e. The van der Waals surface area contributed by atoms with Gasteiger partial charge in [0.15, 0.2) is 0 Å². The Morgan fingerprint density at radius 3 is 2.33 bits per heavy atom. The van der Waals surface area contributed by atoms with Crippen LogP contribution in [-0.4, -0.2) is 38.7 Å². The fourth-order valence-electron chi connectivity index (χ4n) is 1.46. The van der Waals surface area contributed by atoms with Gasteiger partial charge in [-0.15, -0.1) is 0 Å². The van der Waals surface area contributed by atoms with Crippen LogP contribution in [0.3, 0.4) is 0 Å². The first-order valence-corrected chi connectivity index (χ1v) is 5.81. The second kappa shape index (κ2) is 3.30. The predicted octanol–water partition coefficient (Wildman–Crippen LogP) is 0.483. The molecule has 2 atom stereocenters. The average Bonchev–Trinajstić information content (AvgIpc) is 2.29. The third kappa shape index (κ3) is 1.95. The standard InChI is InChI=1S/C7H14FNO2S/c1-6-4-9(12(2,10)11)5-7(6)3-8/h6-7H,3-5H2,1-2H3/t6-,7?/m1/s1. The number of hydrogen-bond acceptors (Lipinski definition) is 2. The summed E-state index contributed by atoms with van der Waals surface area (Å²) in [5.41, 5.74) is 0. The molecule has 0 aromatic rings. The number of alkyl halides is 1. The van der Waals surface area contributed by atoms with Gasteiger partial charge in [0.1, 0.15) is 0 Å². The summed E-state index contributed by atoms with van der Waals surface area (Å²) >= 11 is 0. The van der Waals surface area contributed by atoms with E-state index in [-0.39, 0.29) is 11.8 Å². The predicted molar refractivity (Wildman–Crippen MR) is 45.0 cm³/mol. The summed E-state index contributed by atoms with van der Waals surface area (Å²) in [6, 6.07) is 0. The summed E-state index contributed by atoms with van der Waals surface area (Å²) in [4.78, 5) is 0. The van der Waals surface area contributed by atoms with Gasteiger partial charge in [0, 0.05) is 19.0 Å². The van der Waals surface area contributed by atoms with E-state index < -0.39 is 16.7 Å². The van der Waals surface area contributed by atoms with Crippen LogP contribution in [-0.2, 0) is 10.0 Å². The molecule has 0 spiro atoms. The number of sulfonamides is 1. The Hall–Kier alpha value is -0.160. The molecule has 3 nitrogen and oxygen atoms in total. The topological polar surface area (TPSA) is 37.4 Å². The van der Waals surface area contributed by atoms with Gasteiger partial charge in [0.2, 0.25) is 10.0 Å². The lowest BCUT2D eigenvalue weighted by Crippen LogP contribution is -2.27. The second-order valence-corrected chi connectivity index (χ2v) is 5.45. The Balaban J connectivity index is 2.67. The fourth-order valence-corrected chi connectivity index (χ4v) is 2.43.